The Kier molecular flexibility index (Phi) is 5.14. The van der Waals surface area contributed by atoms with E-state index in [0.29, 0.717) is 51.6 Å². The first-order valence-corrected chi connectivity index (χ1v) is 11.2. The van der Waals surface area contributed by atoms with Crippen LogP contribution in [-0.2, 0) is 4.79 Å². The molecule has 0 atom stereocenters. The summed E-state index contributed by atoms with van der Waals surface area (Å²) in [5, 5.41) is 10.1. The lowest BCUT2D eigenvalue weighted by Crippen LogP contribution is -2.09. The standard InChI is InChI=1S/C25H18FN9O/c1-2-18(36)31-14-9-13(10-27-11-14)21-20(26)19-17(12-30-21)34-35-24(19)25-32-16-6-8-29-22(23(16)33-25)15-5-3-4-7-28-15/h3-12H,2H2,1H3,(H,31,36)(H,32,33)(H,34,35). The minimum Gasteiger partial charge on any atom is -0.336 e. The molecule has 0 fully saturated rings. The molecule has 0 aliphatic rings. The Morgan fingerprint density at radius 2 is 1.92 bits per heavy atom. The molecule has 36 heavy (non-hydrogen) atoms. The van der Waals surface area contributed by atoms with E-state index < -0.39 is 5.82 Å². The maximum absolute atomic E-state index is 15.9. The molecule has 10 nitrogen and oxygen atoms in total. The maximum Gasteiger partial charge on any atom is 0.224 e. The van der Waals surface area contributed by atoms with Crippen LogP contribution in [0.15, 0.2) is 61.3 Å². The van der Waals surface area contributed by atoms with Gasteiger partial charge in [0.2, 0.25) is 5.91 Å². The summed E-state index contributed by atoms with van der Waals surface area (Å²) in [6.07, 6.45) is 8.16. The highest BCUT2D eigenvalue weighted by Gasteiger charge is 2.21. The molecule has 1 amide bonds. The number of H-pyrrole nitrogens is 2. The molecule has 6 rings (SSSR count). The Hall–Kier alpha value is -5.06. The lowest BCUT2D eigenvalue weighted by atomic mass is 10.1. The second-order valence-corrected chi connectivity index (χ2v) is 8.00. The van der Waals surface area contributed by atoms with E-state index in [2.05, 4.69) is 40.4 Å². The molecule has 0 saturated carbocycles. The van der Waals surface area contributed by atoms with Gasteiger partial charge in [-0.2, -0.15) is 5.10 Å². The van der Waals surface area contributed by atoms with Crippen LogP contribution in [0.3, 0.4) is 0 Å². The number of nitrogens with zero attached hydrogens (tertiary/aromatic N) is 6. The van der Waals surface area contributed by atoms with Crippen molar-refractivity contribution in [3.63, 3.8) is 0 Å². The van der Waals surface area contributed by atoms with Crippen LogP contribution in [0.25, 0.3) is 56.1 Å². The van der Waals surface area contributed by atoms with Crippen LogP contribution in [0.2, 0.25) is 0 Å². The Bertz CT molecular complexity index is 1740. The molecule has 0 spiro atoms. The van der Waals surface area contributed by atoms with Crippen molar-refractivity contribution in [1.29, 1.82) is 0 Å². The van der Waals surface area contributed by atoms with E-state index >= 15 is 4.39 Å². The number of nitrogens with one attached hydrogen (secondary N) is 3. The smallest absolute Gasteiger partial charge is 0.224 e. The fourth-order valence-electron chi connectivity index (χ4n) is 3.97. The molecular weight excluding hydrogens is 461 g/mol. The molecule has 11 heteroatoms. The molecule has 6 aromatic heterocycles. The van der Waals surface area contributed by atoms with Crippen LogP contribution in [0.1, 0.15) is 13.3 Å². The van der Waals surface area contributed by atoms with Gasteiger partial charge in [-0.15, -0.1) is 0 Å². The zero-order chi connectivity index (χ0) is 24.6. The summed E-state index contributed by atoms with van der Waals surface area (Å²) in [6, 6.07) is 8.97. The molecule has 0 radical (unpaired) electrons. The number of imidazole rings is 1. The fraction of sp³-hybridized carbons (Fsp3) is 0.0800. The highest BCUT2D eigenvalue weighted by atomic mass is 19.1. The van der Waals surface area contributed by atoms with Gasteiger partial charge >= 0.3 is 0 Å². The molecule has 0 unspecified atom stereocenters. The predicted octanol–water partition coefficient (Wildman–Crippen LogP) is 4.51. The number of pyridine rings is 4. The van der Waals surface area contributed by atoms with E-state index in [1.807, 2.05) is 18.2 Å². The number of aromatic amines is 2. The number of fused-ring (bicyclic) bond motifs is 2. The van der Waals surface area contributed by atoms with Gasteiger partial charge in [-0.3, -0.25) is 29.8 Å². The monoisotopic (exact) mass is 479 g/mol. The number of hydrogen-bond donors (Lipinski definition) is 3. The summed E-state index contributed by atoms with van der Waals surface area (Å²) in [5.41, 5.74) is 4.27. The quantitative estimate of drug-likeness (QED) is 0.331. The third-order valence-electron chi connectivity index (χ3n) is 5.69. The molecule has 0 aliphatic heterocycles. The van der Waals surface area contributed by atoms with Gasteiger partial charge in [0, 0.05) is 30.6 Å². The Morgan fingerprint density at radius 3 is 2.75 bits per heavy atom. The summed E-state index contributed by atoms with van der Waals surface area (Å²) in [6.45, 7) is 1.75. The Balaban J connectivity index is 1.47. The first kappa shape index (κ1) is 21.5. The van der Waals surface area contributed by atoms with Gasteiger partial charge in [0.15, 0.2) is 11.6 Å². The van der Waals surface area contributed by atoms with Gasteiger partial charge in [-0.05, 0) is 24.3 Å². The largest absolute Gasteiger partial charge is 0.336 e. The lowest BCUT2D eigenvalue weighted by Gasteiger charge is -2.07. The zero-order valence-electron chi connectivity index (χ0n) is 19.0. The summed E-state index contributed by atoms with van der Waals surface area (Å²) in [5.74, 6) is -0.375. The highest BCUT2D eigenvalue weighted by Crippen LogP contribution is 2.34. The number of amides is 1. The van der Waals surface area contributed by atoms with Crippen molar-refractivity contribution in [1.82, 2.24) is 40.1 Å². The number of anilines is 1. The summed E-state index contributed by atoms with van der Waals surface area (Å²) in [7, 11) is 0. The van der Waals surface area contributed by atoms with Crippen LogP contribution < -0.4 is 5.32 Å². The number of hydrogen-bond acceptors (Lipinski definition) is 7. The minimum absolute atomic E-state index is 0.0807. The topological polar surface area (TPSA) is 138 Å². The van der Waals surface area contributed by atoms with Crippen LogP contribution in [0.4, 0.5) is 10.1 Å². The minimum atomic E-state index is -0.583. The second kappa shape index (κ2) is 8.62. The SMILES string of the molecule is CCC(=O)Nc1cncc(-c2ncc3[nH]nc(-c4nc5c(-c6ccccn6)nccc5[nH]4)c3c2F)c1. The third-order valence-corrected chi connectivity index (χ3v) is 5.69. The predicted molar refractivity (Wildman–Crippen MR) is 132 cm³/mol. The first-order valence-electron chi connectivity index (χ1n) is 11.2. The molecule has 0 bridgehead atoms. The molecule has 0 aromatic carbocycles. The van der Waals surface area contributed by atoms with Crippen molar-refractivity contribution in [3.8, 4) is 34.2 Å². The zero-order valence-corrected chi connectivity index (χ0v) is 19.0. The van der Waals surface area contributed by atoms with Crippen molar-refractivity contribution in [2.24, 2.45) is 0 Å². The molecule has 0 aliphatic carbocycles. The van der Waals surface area contributed by atoms with Gasteiger partial charge < -0.3 is 10.3 Å². The average molecular weight is 479 g/mol. The van der Waals surface area contributed by atoms with Gasteiger partial charge in [-0.1, -0.05) is 13.0 Å². The molecule has 176 valence electrons. The van der Waals surface area contributed by atoms with E-state index in [4.69, 9.17) is 4.98 Å². The van der Waals surface area contributed by atoms with E-state index in [0.717, 1.165) is 5.52 Å². The van der Waals surface area contributed by atoms with Crippen molar-refractivity contribution < 1.29 is 9.18 Å². The van der Waals surface area contributed by atoms with Crippen LogP contribution in [-0.4, -0.2) is 46.0 Å². The molecular formula is C25H18FN9O. The Morgan fingerprint density at radius 1 is 1.00 bits per heavy atom. The van der Waals surface area contributed by atoms with E-state index in [1.54, 1.807) is 31.5 Å². The molecule has 6 heterocycles. The number of carbonyl (C=O) groups excluding carboxylic acids is 1. The van der Waals surface area contributed by atoms with E-state index in [-0.39, 0.29) is 17.0 Å². The van der Waals surface area contributed by atoms with Gasteiger partial charge in [0.1, 0.15) is 22.6 Å². The van der Waals surface area contributed by atoms with Crippen LogP contribution in [0.5, 0.6) is 0 Å². The van der Waals surface area contributed by atoms with E-state index in [1.165, 1.54) is 18.6 Å². The maximum atomic E-state index is 15.9. The van der Waals surface area contributed by atoms with Crippen molar-refractivity contribution in [2.75, 3.05) is 5.32 Å². The number of rotatable bonds is 5. The van der Waals surface area contributed by atoms with Gasteiger partial charge in [0.25, 0.3) is 0 Å². The normalized spacial score (nSPS) is 11.3. The Labute approximate surface area is 203 Å². The van der Waals surface area contributed by atoms with Crippen molar-refractivity contribution in [2.45, 2.75) is 13.3 Å². The molecule has 0 saturated heterocycles. The highest BCUT2D eigenvalue weighted by molar-refractivity contribution is 5.97. The summed E-state index contributed by atoms with van der Waals surface area (Å²) in [4.78, 5) is 36.9. The summed E-state index contributed by atoms with van der Waals surface area (Å²) >= 11 is 0. The van der Waals surface area contributed by atoms with Crippen LogP contribution >= 0.6 is 0 Å². The number of halogens is 1. The summed E-state index contributed by atoms with van der Waals surface area (Å²) < 4.78 is 15.9. The van der Waals surface area contributed by atoms with Crippen molar-refractivity contribution in [3.05, 3.63) is 67.1 Å². The lowest BCUT2D eigenvalue weighted by molar-refractivity contribution is -0.115. The van der Waals surface area contributed by atoms with Crippen LogP contribution in [0, 0.1) is 5.82 Å². The third kappa shape index (κ3) is 3.63. The number of carbonyl (C=O) groups is 1. The van der Waals surface area contributed by atoms with Gasteiger partial charge in [-0.25, -0.2) is 9.37 Å². The fourth-order valence-corrected chi connectivity index (χ4v) is 3.97. The van der Waals surface area contributed by atoms with Crippen molar-refractivity contribution >= 4 is 33.5 Å². The molecule has 3 N–H and O–H groups in total. The average Bonchev–Trinajstić information content (AvgIpc) is 3.54. The first-order chi connectivity index (χ1) is 17.6. The number of aromatic nitrogens is 8. The second-order valence-electron chi connectivity index (χ2n) is 8.00. The van der Waals surface area contributed by atoms with Gasteiger partial charge in [0.05, 0.1) is 40.2 Å². The van der Waals surface area contributed by atoms with E-state index in [9.17, 15) is 4.79 Å². The molecule has 6 aromatic rings.